The van der Waals surface area contributed by atoms with Gasteiger partial charge in [0.05, 0.1) is 29.2 Å². The maximum absolute atomic E-state index is 14.3. The molecule has 8 heteroatoms. The van der Waals surface area contributed by atoms with Gasteiger partial charge in [-0.1, -0.05) is 39.0 Å². The highest BCUT2D eigenvalue weighted by molar-refractivity contribution is 8.02. The fourth-order valence-electron chi connectivity index (χ4n) is 6.02. The van der Waals surface area contributed by atoms with Crippen LogP contribution in [0.5, 0.6) is 0 Å². The van der Waals surface area contributed by atoms with Crippen LogP contribution in [-0.2, 0) is 19.1 Å². The summed E-state index contributed by atoms with van der Waals surface area (Å²) >= 11 is 1.61. The van der Waals surface area contributed by atoms with E-state index >= 15 is 0 Å². The van der Waals surface area contributed by atoms with Gasteiger partial charge in [-0.3, -0.25) is 14.4 Å². The average molecular weight is 493 g/mol. The van der Waals surface area contributed by atoms with Gasteiger partial charge in [-0.25, -0.2) is 0 Å². The summed E-state index contributed by atoms with van der Waals surface area (Å²) in [7, 11) is 0. The zero-order chi connectivity index (χ0) is 25.4. The number of carbonyl (C=O) groups is 3. The Labute approximate surface area is 208 Å². The van der Waals surface area contributed by atoms with E-state index in [2.05, 4.69) is 13.2 Å². The van der Waals surface area contributed by atoms with Crippen LogP contribution in [0.3, 0.4) is 0 Å². The van der Waals surface area contributed by atoms with Crippen molar-refractivity contribution in [2.45, 2.75) is 81.5 Å². The number of esters is 1. The molecule has 3 rings (SSSR count). The maximum atomic E-state index is 14.3. The van der Waals surface area contributed by atoms with Crippen LogP contribution in [0.25, 0.3) is 0 Å². The first-order chi connectivity index (χ1) is 16.0. The third-order valence-corrected chi connectivity index (χ3v) is 9.77. The van der Waals surface area contributed by atoms with E-state index in [-0.39, 0.29) is 36.2 Å². The third-order valence-electron chi connectivity index (χ3n) is 7.82. The summed E-state index contributed by atoms with van der Waals surface area (Å²) in [6.07, 6.45) is 5.41. The molecule has 3 heterocycles. The van der Waals surface area contributed by atoms with Crippen molar-refractivity contribution in [3.63, 3.8) is 0 Å². The highest BCUT2D eigenvalue weighted by atomic mass is 32.2. The number of fused-ring (bicyclic) bond motifs is 1. The number of thioether (sulfide) groups is 1. The molecule has 0 aromatic heterocycles. The zero-order valence-electron chi connectivity index (χ0n) is 21.2. The fraction of sp³-hybridized carbons (Fsp3) is 0.731. The van der Waals surface area contributed by atoms with Gasteiger partial charge in [0.25, 0.3) is 0 Å². The monoisotopic (exact) mass is 492 g/mol. The van der Waals surface area contributed by atoms with Gasteiger partial charge in [0, 0.05) is 17.3 Å². The number of aliphatic hydroxyl groups is 1. The standard InChI is InChI=1S/C26H40N2O5S/c1-8-13-27(25(5,6)7)23(31)21-26-12-11-18(34-26)19(24(32)33-14-9-2)20(26)22(30)28(21)17(15-29)16(4)10-3/h8-9,16-21,29H,1-2,10-15H2,3-7H3/t16-,17-,18-,19+,20-,21?,26?/m0/s1. The van der Waals surface area contributed by atoms with Crippen LogP contribution < -0.4 is 0 Å². The Morgan fingerprint density at radius 2 is 2.03 bits per heavy atom. The number of aliphatic hydroxyl groups excluding tert-OH is 1. The van der Waals surface area contributed by atoms with Crippen molar-refractivity contribution >= 4 is 29.5 Å². The molecule has 2 amide bonds. The van der Waals surface area contributed by atoms with Crippen molar-refractivity contribution < 1.29 is 24.2 Å². The molecule has 0 radical (unpaired) electrons. The molecule has 0 aromatic rings. The van der Waals surface area contributed by atoms with Gasteiger partial charge in [-0.2, -0.15) is 0 Å². The smallest absolute Gasteiger partial charge is 0.311 e. The maximum Gasteiger partial charge on any atom is 0.311 e. The second-order valence-electron chi connectivity index (χ2n) is 10.8. The van der Waals surface area contributed by atoms with Crippen LogP contribution in [0.2, 0.25) is 0 Å². The van der Waals surface area contributed by atoms with Crippen molar-refractivity contribution in [1.29, 1.82) is 0 Å². The van der Waals surface area contributed by atoms with Crippen molar-refractivity contribution in [1.82, 2.24) is 9.80 Å². The lowest BCUT2D eigenvalue weighted by Gasteiger charge is -2.44. The number of rotatable bonds is 10. The Morgan fingerprint density at radius 1 is 1.35 bits per heavy atom. The average Bonchev–Trinajstić information content (AvgIpc) is 3.43. The minimum absolute atomic E-state index is 0.00432. The van der Waals surface area contributed by atoms with E-state index in [4.69, 9.17) is 4.74 Å². The summed E-state index contributed by atoms with van der Waals surface area (Å²) in [5, 5.41) is 10.3. The van der Waals surface area contributed by atoms with Crippen molar-refractivity contribution in [3.05, 3.63) is 25.3 Å². The summed E-state index contributed by atoms with van der Waals surface area (Å²) in [4.78, 5) is 44.9. The number of carbonyl (C=O) groups excluding carboxylic acids is 3. The summed E-state index contributed by atoms with van der Waals surface area (Å²) in [5.74, 6) is -1.97. The van der Waals surface area contributed by atoms with E-state index in [1.165, 1.54) is 6.08 Å². The molecule has 0 saturated carbocycles. The topological polar surface area (TPSA) is 87.2 Å². The van der Waals surface area contributed by atoms with E-state index in [1.807, 2.05) is 34.6 Å². The minimum atomic E-state index is -0.748. The van der Waals surface area contributed by atoms with Crippen molar-refractivity contribution in [3.8, 4) is 0 Å². The van der Waals surface area contributed by atoms with Gasteiger partial charge in [-0.05, 0) is 39.5 Å². The van der Waals surface area contributed by atoms with E-state index in [1.54, 1.807) is 27.6 Å². The molecule has 2 bridgehead atoms. The molecular formula is C26H40N2O5S. The number of ether oxygens (including phenoxy) is 1. The molecule has 0 aliphatic carbocycles. The molecular weight excluding hydrogens is 452 g/mol. The van der Waals surface area contributed by atoms with E-state index in [9.17, 15) is 19.5 Å². The summed E-state index contributed by atoms with van der Waals surface area (Å²) in [6, 6.07) is -1.25. The lowest BCUT2D eigenvalue weighted by atomic mass is 9.71. The van der Waals surface area contributed by atoms with Gasteiger partial charge in [0.2, 0.25) is 11.8 Å². The highest BCUT2D eigenvalue weighted by Gasteiger charge is 2.75. The van der Waals surface area contributed by atoms with Gasteiger partial charge in [0.1, 0.15) is 12.6 Å². The number of hydrogen-bond acceptors (Lipinski definition) is 6. The first-order valence-corrected chi connectivity index (χ1v) is 13.2. The molecule has 3 fully saturated rings. The lowest BCUT2D eigenvalue weighted by Crippen LogP contribution is -2.61. The molecule has 1 spiro atoms. The zero-order valence-corrected chi connectivity index (χ0v) is 22.0. The molecule has 3 aliphatic rings. The van der Waals surface area contributed by atoms with Crippen molar-refractivity contribution in [2.75, 3.05) is 19.8 Å². The summed E-state index contributed by atoms with van der Waals surface area (Å²) in [5.41, 5.74) is -0.483. The van der Waals surface area contributed by atoms with Gasteiger partial charge in [0.15, 0.2) is 0 Å². The minimum Gasteiger partial charge on any atom is -0.461 e. The molecule has 0 aromatic carbocycles. The Morgan fingerprint density at radius 3 is 2.56 bits per heavy atom. The van der Waals surface area contributed by atoms with Gasteiger partial charge >= 0.3 is 5.97 Å². The van der Waals surface area contributed by atoms with Crippen LogP contribution in [0.4, 0.5) is 0 Å². The Hall–Kier alpha value is -1.80. The van der Waals surface area contributed by atoms with Gasteiger partial charge in [-0.15, -0.1) is 18.3 Å². The van der Waals surface area contributed by atoms with Crippen molar-refractivity contribution in [2.24, 2.45) is 17.8 Å². The molecule has 3 saturated heterocycles. The van der Waals surface area contributed by atoms with Gasteiger partial charge < -0.3 is 19.6 Å². The second kappa shape index (κ2) is 10.1. The molecule has 1 N–H and O–H groups in total. The summed E-state index contributed by atoms with van der Waals surface area (Å²) < 4.78 is 4.70. The fourth-order valence-corrected chi connectivity index (χ4v) is 8.21. The molecule has 7 nitrogen and oxygen atoms in total. The SMILES string of the molecule is C=CCOC(=O)[C@@H]1[C@@H]2CCC3(S2)C(C(=O)N(CC=C)C(C)(C)C)N([C@@H](CO)[C@@H](C)CC)C(=O)[C@H]13. The molecule has 2 unspecified atom stereocenters. The number of amides is 2. The second-order valence-corrected chi connectivity index (χ2v) is 12.4. The quantitative estimate of drug-likeness (QED) is 0.373. The van der Waals surface area contributed by atoms with E-state index in [0.29, 0.717) is 13.0 Å². The van der Waals surface area contributed by atoms with Crippen LogP contribution in [0.15, 0.2) is 25.3 Å². The predicted octanol–water partition coefficient (Wildman–Crippen LogP) is 3.03. The first-order valence-electron chi connectivity index (χ1n) is 12.3. The Bertz CT molecular complexity index is 840. The number of likely N-dealkylation sites (tertiary alicyclic amines) is 1. The molecule has 7 atom stereocenters. The van der Waals surface area contributed by atoms with Crippen LogP contribution >= 0.6 is 11.8 Å². The number of nitrogens with zero attached hydrogens (tertiary/aromatic N) is 2. The first kappa shape index (κ1) is 26.8. The largest absolute Gasteiger partial charge is 0.461 e. The van der Waals surface area contributed by atoms with Crippen LogP contribution in [-0.4, -0.2) is 80.1 Å². The Kier molecular flexibility index (Phi) is 7.92. The Balaban J connectivity index is 2.13. The molecule has 190 valence electrons. The normalized spacial score (nSPS) is 31.7. The molecule has 34 heavy (non-hydrogen) atoms. The highest BCUT2D eigenvalue weighted by Crippen LogP contribution is 2.67. The van der Waals surface area contributed by atoms with E-state index in [0.717, 1.165) is 12.8 Å². The van der Waals surface area contributed by atoms with E-state index < -0.39 is 40.2 Å². The summed E-state index contributed by atoms with van der Waals surface area (Å²) in [6.45, 7) is 17.6. The van der Waals surface area contributed by atoms with Crippen LogP contribution in [0.1, 0.15) is 53.9 Å². The third kappa shape index (κ3) is 4.21. The molecule has 3 aliphatic heterocycles. The number of hydrogen-bond donors (Lipinski definition) is 1. The van der Waals surface area contributed by atoms with Crippen LogP contribution in [0, 0.1) is 17.8 Å². The lowest BCUT2D eigenvalue weighted by molar-refractivity contribution is -0.154. The predicted molar refractivity (Wildman–Crippen MR) is 134 cm³/mol.